The van der Waals surface area contributed by atoms with E-state index in [2.05, 4.69) is 79.3 Å². The van der Waals surface area contributed by atoms with Crippen LogP contribution in [0, 0.1) is 25.6 Å². The van der Waals surface area contributed by atoms with Gasteiger partial charge in [-0.3, -0.25) is 29.5 Å². The van der Waals surface area contributed by atoms with Gasteiger partial charge in [-0.1, -0.05) is 26.0 Å². The van der Waals surface area contributed by atoms with Crippen molar-refractivity contribution < 1.29 is 27.1 Å². The Bertz CT molecular complexity index is 3300. The Balaban J connectivity index is 0.707. The first-order chi connectivity index (χ1) is 37.6. The number of hydrogen-bond donors (Lipinski definition) is 3. The van der Waals surface area contributed by atoms with Crippen LogP contribution in [0.3, 0.4) is 0 Å². The van der Waals surface area contributed by atoms with Crippen molar-refractivity contribution in [2.75, 3.05) is 87.2 Å². The number of hydrogen-bond acceptors (Lipinski definition) is 15. The first kappa shape index (κ1) is 55.7. The van der Waals surface area contributed by atoms with Crippen molar-refractivity contribution in [2.24, 2.45) is 5.92 Å². The largest absolute Gasteiger partial charge is 0.492 e. The molecule has 3 atom stereocenters. The van der Waals surface area contributed by atoms with Crippen LogP contribution in [-0.2, 0) is 26.5 Å². The molecule has 10 rings (SSSR count). The first-order valence-corrected chi connectivity index (χ1v) is 29.3. The monoisotopic (exact) mass is 1100 g/mol. The second kappa shape index (κ2) is 22.5. The maximum absolute atomic E-state index is 14.4. The third-order valence-electron chi connectivity index (χ3n) is 16.6. The molecule has 0 radical (unpaired) electrons. The zero-order chi connectivity index (χ0) is 56.0. The van der Waals surface area contributed by atoms with Crippen LogP contribution in [0.2, 0.25) is 0 Å². The van der Waals surface area contributed by atoms with Gasteiger partial charge in [-0.2, -0.15) is 5.10 Å². The minimum Gasteiger partial charge on any atom is -0.492 e. The number of amides is 2. The van der Waals surface area contributed by atoms with E-state index in [1.807, 2.05) is 42.0 Å². The molecule has 0 saturated carbocycles. The summed E-state index contributed by atoms with van der Waals surface area (Å²) >= 11 is 0. The molecule has 3 saturated heterocycles. The number of H-pyrrole nitrogens is 1. The minimum absolute atomic E-state index is 0.0256. The molecule has 4 aliphatic heterocycles. The second-order valence-electron chi connectivity index (χ2n) is 23.9. The molecular weight excluding hydrogens is 1020 g/mol. The summed E-state index contributed by atoms with van der Waals surface area (Å²) in [5.74, 6) is 2.31. The Morgan fingerprint density at radius 3 is 2.35 bits per heavy atom. The van der Waals surface area contributed by atoms with Gasteiger partial charge in [-0.05, 0) is 128 Å². The van der Waals surface area contributed by atoms with Crippen LogP contribution < -0.4 is 25.2 Å². The second-order valence-corrected chi connectivity index (χ2v) is 26.6. The average Bonchev–Trinajstić information content (AvgIpc) is 4.16. The first-order valence-electron chi connectivity index (χ1n) is 27.8. The number of carbonyl (C=O) groups is 2. The molecule has 2 amide bonds. The number of aryl methyl sites for hydroxylation is 1. The number of piperidine rings is 1. The summed E-state index contributed by atoms with van der Waals surface area (Å²) in [5.41, 5.74) is 6.42. The molecule has 4 aromatic heterocycles. The van der Waals surface area contributed by atoms with Gasteiger partial charge in [0.25, 0.3) is 5.91 Å². The van der Waals surface area contributed by atoms with Crippen molar-refractivity contribution in [3.8, 4) is 5.75 Å². The van der Waals surface area contributed by atoms with Crippen molar-refractivity contribution in [1.29, 1.82) is 0 Å². The van der Waals surface area contributed by atoms with E-state index in [4.69, 9.17) is 14.7 Å². The molecule has 3 fully saturated rings. The van der Waals surface area contributed by atoms with Gasteiger partial charge in [0, 0.05) is 118 Å². The predicted molar refractivity (Wildman–Crippen MR) is 306 cm³/mol. The molecule has 20 heteroatoms. The third-order valence-corrected chi connectivity index (χ3v) is 19.1. The molecule has 0 spiro atoms. The van der Waals surface area contributed by atoms with E-state index in [1.165, 1.54) is 18.5 Å². The van der Waals surface area contributed by atoms with Gasteiger partial charge in [0.05, 0.1) is 40.4 Å². The zero-order valence-electron chi connectivity index (χ0n) is 47.1. The summed E-state index contributed by atoms with van der Waals surface area (Å²) in [6, 6.07) is 16.2. The molecule has 2 aromatic carbocycles. The van der Waals surface area contributed by atoms with Gasteiger partial charge in [0.1, 0.15) is 34.4 Å². The number of halogens is 1. The van der Waals surface area contributed by atoms with Gasteiger partial charge in [-0.25, -0.2) is 27.8 Å². The summed E-state index contributed by atoms with van der Waals surface area (Å²) < 4.78 is 47.0. The summed E-state index contributed by atoms with van der Waals surface area (Å²) in [7, 11) is -3.82. The number of aromatic amines is 1. The predicted octanol–water partition coefficient (Wildman–Crippen LogP) is 7.62. The number of nitrogens with one attached hydrogen (secondary N) is 3. The molecule has 1 unspecified atom stereocenters. The molecule has 0 aliphatic carbocycles. The van der Waals surface area contributed by atoms with E-state index in [9.17, 15) is 22.4 Å². The molecule has 0 bridgehead atoms. The van der Waals surface area contributed by atoms with E-state index in [-0.39, 0.29) is 51.8 Å². The normalized spacial score (nSPS) is 20.4. The fraction of sp³-hybridized carbons (Fsp3) is 0.508. The van der Waals surface area contributed by atoms with E-state index in [1.54, 1.807) is 51.2 Å². The quantitative estimate of drug-likeness (QED) is 0.0907. The lowest BCUT2D eigenvalue weighted by Crippen LogP contribution is -2.63. The Hall–Kier alpha value is -6.61. The highest BCUT2D eigenvalue weighted by Gasteiger charge is 2.42. The maximum atomic E-state index is 14.4. The lowest BCUT2D eigenvalue weighted by molar-refractivity contribution is -0.121. The molecule has 420 valence electrons. The van der Waals surface area contributed by atoms with Crippen LogP contribution in [0.1, 0.15) is 106 Å². The fourth-order valence-corrected chi connectivity index (χ4v) is 12.8. The van der Waals surface area contributed by atoms with E-state index in [0.717, 1.165) is 98.1 Å². The third kappa shape index (κ3) is 12.0. The van der Waals surface area contributed by atoms with Crippen LogP contribution >= 0.6 is 0 Å². The number of benzene rings is 2. The SMILES string of the molecule is Cc1[nH]nc(Nc2ncnc3cc(OCCC4CCN(c5ccc(C(=O)N6CCN(C[C@H]7CN[C@H](C)CN7CC(=O)N7CC(C)(C)c8ncc(Cc9ccc(F)cc9)cc87)C(C)C6)cn5)CC4)c(S(=O)(=O)C(C)(C)C)cc23)c1C. The van der Waals surface area contributed by atoms with E-state index >= 15 is 0 Å². The topological polar surface area (TPSA) is 198 Å². The Morgan fingerprint density at radius 2 is 1.66 bits per heavy atom. The van der Waals surface area contributed by atoms with Gasteiger partial charge in [-0.15, -0.1) is 0 Å². The number of anilines is 4. The van der Waals surface area contributed by atoms with E-state index < -0.39 is 14.6 Å². The molecule has 4 aliphatic rings. The lowest BCUT2D eigenvalue weighted by Gasteiger charge is -2.45. The van der Waals surface area contributed by atoms with Crippen LogP contribution in [0.25, 0.3) is 10.9 Å². The number of nitrogens with zero attached hydrogens (tertiary/aromatic N) is 10. The van der Waals surface area contributed by atoms with Crippen molar-refractivity contribution in [3.63, 3.8) is 0 Å². The Kier molecular flexibility index (Phi) is 15.9. The van der Waals surface area contributed by atoms with Crippen molar-refractivity contribution in [3.05, 3.63) is 113 Å². The molecule has 79 heavy (non-hydrogen) atoms. The number of rotatable bonds is 15. The standard InChI is InChI=1S/C59H76FN13O5S/c1-37-31-72(34-53(74)73-35-59(8,9)54-49(73)25-43(28-63-54)24-42-10-13-45(60)14-11-42)46(30-61-37)33-70-21-22-71(32-38(70)2)57(75)44-12-15-52(62-29-44)69-19-16-41(17-20-69)18-23-78-50-27-48-47(26-51(50)79(76,77)58(5,6)7)56(65-36-64-48)66-55-39(3)40(4)67-68-55/h10-15,25-29,36-38,41,46,61H,16-24,30-35H2,1-9H3,(H2,64,65,66,67,68)/t37-,38?,46-/m1/s1. The minimum atomic E-state index is -3.82. The Morgan fingerprint density at radius 1 is 0.886 bits per heavy atom. The number of fused-ring (bicyclic) bond motifs is 2. The maximum Gasteiger partial charge on any atom is 0.255 e. The highest BCUT2D eigenvalue weighted by molar-refractivity contribution is 7.92. The van der Waals surface area contributed by atoms with Gasteiger partial charge in [0.15, 0.2) is 15.7 Å². The summed E-state index contributed by atoms with van der Waals surface area (Å²) in [5, 5.41) is 14.8. The lowest BCUT2D eigenvalue weighted by atomic mass is 9.91. The number of piperazine rings is 2. The molecule has 8 heterocycles. The highest BCUT2D eigenvalue weighted by Crippen LogP contribution is 2.41. The highest BCUT2D eigenvalue weighted by atomic mass is 32.2. The van der Waals surface area contributed by atoms with Crippen LogP contribution in [0.15, 0.2) is 78.2 Å². The van der Waals surface area contributed by atoms with Gasteiger partial charge in [0.2, 0.25) is 5.91 Å². The molecular formula is C59H76FN13O5S. The summed E-state index contributed by atoms with van der Waals surface area (Å²) in [6.07, 6.45) is 8.22. The Labute approximate surface area is 463 Å². The van der Waals surface area contributed by atoms with Crippen molar-refractivity contribution in [1.82, 2.24) is 50.1 Å². The van der Waals surface area contributed by atoms with Crippen LogP contribution in [-0.4, -0.2) is 160 Å². The molecule has 3 N–H and O–H groups in total. The van der Waals surface area contributed by atoms with Crippen molar-refractivity contribution in [2.45, 2.75) is 121 Å². The van der Waals surface area contributed by atoms with Crippen LogP contribution in [0.4, 0.5) is 27.5 Å². The number of carbonyl (C=O) groups excluding carboxylic acids is 2. The van der Waals surface area contributed by atoms with Gasteiger partial charge >= 0.3 is 0 Å². The number of pyridine rings is 2. The summed E-state index contributed by atoms with van der Waals surface area (Å²) in [6.45, 7) is 24.5. The number of ether oxygens (including phenoxy) is 1. The van der Waals surface area contributed by atoms with Gasteiger partial charge < -0.3 is 30.1 Å². The average molecular weight is 1100 g/mol. The summed E-state index contributed by atoms with van der Waals surface area (Å²) in [4.78, 5) is 57.9. The molecule has 6 aromatic rings. The zero-order valence-corrected chi connectivity index (χ0v) is 48.0. The molecule has 18 nitrogen and oxygen atoms in total. The number of aromatic nitrogens is 6. The van der Waals surface area contributed by atoms with Crippen LogP contribution in [0.5, 0.6) is 5.75 Å². The van der Waals surface area contributed by atoms with E-state index in [0.29, 0.717) is 73.2 Å². The fourth-order valence-electron chi connectivity index (χ4n) is 11.5. The number of sulfone groups is 1. The van der Waals surface area contributed by atoms with Crippen molar-refractivity contribution >= 4 is 55.7 Å². The smallest absolute Gasteiger partial charge is 0.255 e.